The van der Waals surface area contributed by atoms with Gasteiger partial charge in [-0.05, 0) is 36.6 Å². The number of aryl methyl sites for hydroxylation is 1. The molecule has 2 unspecified atom stereocenters. The number of rotatable bonds is 6. The van der Waals surface area contributed by atoms with Crippen LogP contribution in [-0.2, 0) is 4.74 Å². The molecule has 2 rings (SSSR count). The number of aliphatic imine (C=N–C) groups is 1. The predicted molar refractivity (Wildman–Crippen MR) is 101 cm³/mol. The first-order valence-electron chi connectivity index (χ1n) is 8.32. The molecule has 0 bridgehead atoms. The molecule has 1 aliphatic heterocycles. The Hall–Kier alpha value is -1.97. The second-order valence-electron chi connectivity index (χ2n) is 6.22. The summed E-state index contributed by atoms with van der Waals surface area (Å²) in [6.45, 7) is 10.9. The Morgan fingerprint density at radius 1 is 1.42 bits per heavy atom. The summed E-state index contributed by atoms with van der Waals surface area (Å²) in [6.07, 6.45) is 5.78. The molecular formula is C21H27NO2. The lowest BCUT2D eigenvalue weighted by Gasteiger charge is -2.31. The number of aliphatic hydroxyl groups is 1. The molecule has 0 saturated carbocycles. The quantitative estimate of drug-likeness (QED) is 0.635. The summed E-state index contributed by atoms with van der Waals surface area (Å²) in [5.41, 5.74) is 6.47. The molecule has 2 atom stereocenters. The molecule has 1 heterocycles. The molecular weight excluding hydrogens is 298 g/mol. The maximum absolute atomic E-state index is 9.36. The van der Waals surface area contributed by atoms with Gasteiger partial charge in [0.25, 0.3) is 0 Å². The van der Waals surface area contributed by atoms with Crippen LogP contribution in [0.3, 0.4) is 0 Å². The fourth-order valence-corrected chi connectivity index (χ4v) is 3.25. The summed E-state index contributed by atoms with van der Waals surface area (Å²) >= 11 is 0. The van der Waals surface area contributed by atoms with Crippen LogP contribution in [0.15, 0.2) is 59.1 Å². The maximum atomic E-state index is 9.36. The van der Waals surface area contributed by atoms with Gasteiger partial charge < -0.3 is 9.84 Å². The number of ether oxygens (including phenoxy) is 1. The van der Waals surface area contributed by atoms with E-state index in [1.54, 1.807) is 7.11 Å². The van der Waals surface area contributed by atoms with E-state index >= 15 is 0 Å². The minimum Gasteiger partial charge on any atom is -0.392 e. The van der Waals surface area contributed by atoms with Crippen molar-refractivity contribution in [2.75, 3.05) is 20.3 Å². The van der Waals surface area contributed by atoms with Gasteiger partial charge in [-0.25, -0.2) is 0 Å². The van der Waals surface area contributed by atoms with Crippen LogP contribution in [0, 0.1) is 6.92 Å². The molecule has 0 aromatic heterocycles. The van der Waals surface area contributed by atoms with Crippen molar-refractivity contribution in [3.05, 3.63) is 70.8 Å². The third-order valence-electron chi connectivity index (χ3n) is 4.41. The molecule has 1 aliphatic rings. The van der Waals surface area contributed by atoms with Crippen LogP contribution in [0.5, 0.6) is 0 Å². The third-order valence-corrected chi connectivity index (χ3v) is 4.41. The van der Waals surface area contributed by atoms with Gasteiger partial charge in [0.1, 0.15) is 0 Å². The van der Waals surface area contributed by atoms with Crippen LogP contribution in [-0.4, -0.2) is 37.2 Å². The Balaban J connectivity index is 2.60. The van der Waals surface area contributed by atoms with Crippen LogP contribution < -0.4 is 0 Å². The summed E-state index contributed by atoms with van der Waals surface area (Å²) < 4.78 is 5.32. The van der Waals surface area contributed by atoms with Crippen LogP contribution >= 0.6 is 0 Å². The van der Waals surface area contributed by atoms with Gasteiger partial charge in [-0.3, -0.25) is 4.99 Å². The van der Waals surface area contributed by atoms with Gasteiger partial charge in [-0.15, -0.1) is 0 Å². The van der Waals surface area contributed by atoms with E-state index in [0.717, 1.165) is 22.4 Å². The SMILES string of the molecule is C=C(/C=C\C)C1=NC(/C(=C/CO)COC)C(C)c2ccc(C)cc21. The molecule has 1 aromatic rings. The van der Waals surface area contributed by atoms with Crippen molar-refractivity contribution in [3.8, 4) is 0 Å². The molecule has 3 heteroatoms. The number of benzene rings is 1. The number of aliphatic hydroxyl groups excluding tert-OH is 1. The van der Waals surface area contributed by atoms with Crippen LogP contribution in [0.1, 0.15) is 36.5 Å². The van der Waals surface area contributed by atoms with Crippen molar-refractivity contribution in [2.24, 2.45) is 4.99 Å². The molecule has 128 valence electrons. The van der Waals surface area contributed by atoms with Crippen molar-refractivity contribution in [2.45, 2.75) is 32.7 Å². The van der Waals surface area contributed by atoms with Gasteiger partial charge in [0.2, 0.25) is 0 Å². The van der Waals surface area contributed by atoms with E-state index in [2.05, 4.69) is 38.6 Å². The van der Waals surface area contributed by atoms with Gasteiger partial charge >= 0.3 is 0 Å². The first kappa shape index (κ1) is 18.4. The number of hydrogen-bond acceptors (Lipinski definition) is 3. The average molecular weight is 325 g/mol. The molecule has 0 amide bonds. The smallest absolute Gasteiger partial charge is 0.0805 e. The Kier molecular flexibility index (Phi) is 6.29. The van der Waals surface area contributed by atoms with E-state index in [-0.39, 0.29) is 18.6 Å². The van der Waals surface area contributed by atoms with E-state index in [0.29, 0.717) is 6.61 Å². The summed E-state index contributed by atoms with van der Waals surface area (Å²) in [6, 6.07) is 6.45. The normalized spacial score (nSPS) is 20.9. The first-order valence-corrected chi connectivity index (χ1v) is 8.32. The molecule has 3 nitrogen and oxygen atoms in total. The van der Waals surface area contributed by atoms with E-state index in [1.165, 1.54) is 11.1 Å². The zero-order chi connectivity index (χ0) is 17.7. The topological polar surface area (TPSA) is 41.8 Å². The van der Waals surface area contributed by atoms with Gasteiger partial charge in [-0.1, -0.05) is 49.4 Å². The standard InChI is InChI=1S/C21H27NO2/c1-6-7-15(3)20-19-12-14(2)8-9-18(19)16(4)21(22-20)17(10-11-23)13-24-5/h6-10,12,16,21,23H,3,11,13H2,1-2,4-5H3/b7-6-,17-10+. The fourth-order valence-electron chi connectivity index (χ4n) is 3.25. The van der Waals surface area contributed by atoms with E-state index < -0.39 is 0 Å². The number of fused-ring (bicyclic) bond motifs is 1. The number of allylic oxidation sites excluding steroid dienone is 3. The Morgan fingerprint density at radius 2 is 2.17 bits per heavy atom. The monoisotopic (exact) mass is 325 g/mol. The molecule has 0 fully saturated rings. The summed E-state index contributed by atoms with van der Waals surface area (Å²) in [5.74, 6) is 0.218. The second kappa shape index (κ2) is 8.22. The lowest BCUT2D eigenvalue weighted by molar-refractivity contribution is 0.217. The summed E-state index contributed by atoms with van der Waals surface area (Å²) in [4.78, 5) is 5.01. The fraction of sp³-hybridized carbons (Fsp3) is 0.381. The van der Waals surface area contributed by atoms with Crippen molar-refractivity contribution >= 4 is 5.71 Å². The highest BCUT2D eigenvalue weighted by molar-refractivity contribution is 6.15. The van der Waals surface area contributed by atoms with Crippen molar-refractivity contribution in [1.82, 2.24) is 0 Å². The summed E-state index contributed by atoms with van der Waals surface area (Å²) in [5, 5.41) is 9.36. The molecule has 0 saturated heterocycles. The molecule has 0 radical (unpaired) electrons. The van der Waals surface area contributed by atoms with Gasteiger partial charge in [0, 0.05) is 18.6 Å². The van der Waals surface area contributed by atoms with Crippen LogP contribution in [0.4, 0.5) is 0 Å². The minimum absolute atomic E-state index is 0.0106. The lowest BCUT2D eigenvalue weighted by atomic mass is 9.80. The Morgan fingerprint density at radius 3 is 2.79 bits per heavy atom. The second-order valence-corrected chi connectivity index (χ2v) is 6.22. The Bertz CT molecular complexity index is 698. The van der Waals surface area contributed by atoms with Gasteiger partial charge in [-0.2, -0.15) is 0 Å². The highest BCUT2D eigenvalue weighted by Gasteiger charge is 2.30. The predicted octanol–water partition coefficient (Wildman–Crippen LogP) is 3.97. The van der Waals surface area contributed by atoms with Crippen molar-refractivity contribution in [1.29, 1.82) is 0 Å². The minimum atomic E-state index is -0.0516. The zero-order valence-electron chi connectivity index (χ0n) is 15.0. The van der Waals surface area contributed by atoms with Crippen molar-refractivity contribution < 1.29 is 9.84 Å². The maximum Gasteiger partial charge on any atom is 0.0805 e. The third kappa shape index (κ3) is 3.74. The highest BCUT2D eigenvalue weighted by atomic mass is 16.5. The average Bonchev–Trinajstić information content (AvgIpc) is 2.55. The first-order chi connectivity index (χ1) is 11.5. The number of nitrogens with zero attached hydrogens (tertiary/aromatic N) is 1. The van der Waals surface area contributed by atoms with Crippen LogP contribution in [0.25, 0.3) is 0 Å². The van der Waals surface area contributed by atoms with Crippen molar-refractivity contribution in [3.63, 3.8) is 0 Å². The van der Waals surface area contributed by atoms with E-state index in [1.807, 2.05) is 25.2 Å². The molecule has 0 spiro atoms. The molecule has 24 heavy (non-hydrogen) atoms. The molecule has 1 aromatic carbocycles. The van der Waals surface area contributed by atoms with Gasteiger partial charge in [0.15, 0.2) is 0 Å². The van der Waals surface area contributed by atoms with E-state index in [9.17, 15) is 5.11 Å². The number of methoxy groups -OCH3 is 1. The van der Waals surface area contributed by atoms with Crippen LogP contribution in [0.2, 0.25) is 0 Å². The largest absolute Gasteiger partial charge is 0.392 e. The Labute approximate surface area is 145 Å². The molecule has 1 N–H and O–H groups in total. The van der Waals surface area contributed by atoms with E-state index in [4.69, 9.17) is 9.73 Å². The summed E-state index contributed by atoms with van der Waals surface area (Å²) in [7, 11) is 1.67. The molecule has 0 aliphatic carbocycles. The zero-order valence-corrected chi connectivity index (χ0v) is 15.0. The highest BCUT2D eigenvalue weighted by Crippen LogP contribution is 2.36. The lowest BCUT2D eigenvalue weighted by Crippen LogP contribution is -2.28. The number of hydrogen-bond donors (Lipinski definition) is 1. The van der Waals surface area contributed by atoms with Gasteiger partial charge in [0.05, 0.1) is 25.0 Å².